The Balaban J connectivity index is 1.37. The van der Waals surface area contributed by atoms with Gasteiger partial charge in [0.15, 0.2) is 0 Å². The molecule has 33 heavy (non-hydrogen) atoms. The van der Waals surface area contributed by atoms with Crippen LogP contribution in [0.2, 0.25) is 10.0 Å². The average molecular weight is 478 g/mol. The van der Waals surface area contributed by atoms with Crippen molar-refractivity contribution in [3.63, 3.8) is 0 Å². The highest BCUT2D eigenvalue weighted by atomic mass is 35.5. The molecule has 7 nitrogen and oxygen atoms in total. The van der Waals surface area contributed by atoms with E-state index in [9.17, 15) is 9.59 Å². The zero-order valence-corrected chi connectivity index (χ0v) is 18.7. The van der Waals surface area contributed by atoms with Crippen molar-refractivity contribution in [2.75, 3.05) is 16.8 Å². The summed E-state index contributed by atoms with van der Waals surface area (Å²) in [6.45, 7) is 0.474. The number of nitrogens with zero attached hydrogens (tertiary/aromatic N) is 4. The van der Waals surface area contributed by atoms with Gasteiger partial charge >= 0.3 is 0 Å². The Bertz CT molecular complexity index is 1370. The first-order valence-corrected chi connectivity index (χ1v) is 10.9. The summed E-state index contributed by atoms with van der Waals surface area (Å²) in [5.74, 6) is 0.302. The van der Waals surface area contributed by atoms with E-state index in [-0.39, 0.29) is 16.8 Å². The predicted octanol–water partition coefficient (Wildman–Crippen LogP) is 5.03. The lowest BCUT2D eigenvalue weighted by Gasteiger charge is -2.23. The van der Waals surface area contributed by atoms with Crippen LogP contribution in [0.25, 0.3) is 5.69 Å². The molecular formula is C24H17Cl2N5O2. The number of fused-ring (bicyclic) bond motifs is 3. The average Bonchev–Trinajstić information content (AvgIpc) is 3.22. The molecule has 0 saturated heterocycles. The maximum atomic E-state index is 13.4. The number of halogens is 2. The van der Waals surface area contributed by atoms with Crippen molar-refractivity contribution in [2.24, 2.45) is 0 Å². The molecule has 2 amide bonds. The number of carbonyl (C=O) groups is 2. The Hall–Kier alpha value is -3.68. The van der Waals surface area contributed by atoms with Crippen LogP contribution in [0.5, 0.6) is 0 Å². The van der Waals surface area contributed by atoms with Crippen LogP contribution in [0.1, 0.15) is 26.5 Å². The zero-order chi connectivity index (χ0) is 22.9. The van der Waals surface area contributed by atoms with Crippen LogP contribution in [0.4, 0.5) is 11.4 Å². The fraction of sp³-hybridized carbons (Fsp3) is 0.0833. The Labute approximate surface area is 199 Å². The summed E-state index contributed by atoms with van der Waals surface area (Å²) in [5.41, 5.74) is 3.01. The van der Waals surface area contributed by atoms with Gasteiger partial charge in [0.25, 0.3) is 11.8 Å². The molecule has 4 aromatic rings. The normalized spacial score (nSPS) is 12.5. The second-order valence-corrected chi connectivity index (χ2v) is 8.31. The third kappa shape index (κ3) is 4.08. The summed E-state index contributed by atoms with van der Waals surface area (Å²) in [7, 11) is 0. The van der Waals surface area contributed by atoms with Gasteiger partial charge in [-0.3, -0.25) is 14.2 Å². The van der Waals surface area contributed by atoms with Crippen molar-refractivity contribution in [3.8, 4) is 5.69 Å². The fourth-order valence-corrected chi connectivity index (χ4v) is 4.29. The minimum Gasteiger partial charge on any atom is -0.322 e. The van der Waals surface area contributed by atoms with Gasteiger partial charge in [0.2, 0.25) is 0 Å². The molecule has 0 atom stereocenters. The second-order valence-electron chi connectivity index (χ2n) is 7.47. The summed E-state index contributed by atoms with van der Waals surface area (Å²) < 4.78 is 1.91. The van der Waals surface area contributed by atoms with Crippen LogP contribution >= 0.6 is 23.2 Å². The van der Waals surface area contributed by atoms with Crippen molar-refractivity contribution in [1.29, 1.82) is 0 Å². The van der Waals surface area contributed by atoms with Crippen LogP contribution in [-0.4, -0.2) is 33.1 Å². The molecule has 0 unspecified atom stereocenters. The van der Waals surface area contributed by atoms with Crippen molar-refractivity contribution in [1.82, 2.24) is 14.8 Å². The van der Waals surface area contributed by atoms with E-state index in [1.54, 1.807) is 47.6 Å². The molecule has 1 N–H and O–H groups in total. The number of para-hydroxylation sites is 2. The molecule has 0 spiro atoms. The number of amides is 2. The topological polar surface area (TPSA) is 80.1 Å². The molecule has 0 bridgehead atoms. The van der Waals surface area contributed by atoms with E-state index >= 15 is 0 Å². The molecule has 0 radical (unpaired) electrons. The number of benzene rings is 3. The van der Waals surface area contributed by atoms with Crippen LogP contribution in [0.3, 0.4) is 0 Å². The lowest BCUT2D eigenvalue weighted by Crippen LogP contribution is -2.32. The Morgan fingerprint density at radius 2 is 1.70 bits per heavy atom. The van der Waals surface area contributed by atoms with E-state index < -0.39 is 0 Å². The van der Waals surface area contributed by atoms with E-state index in [0.717, 1.165) is 17.2 Å². The summed E-state index contributed by atoms with van der Waals surface area (Å²) in [4.78, 5) is 27.7. The molecule has 1 aliphatic heterocycles. The minimum absolute atomic E-state index is 0.139. The first-order chi connectivity index (χ1) is 16.0. The number of carbonyl (C=O) groups excluding carboxylic acids is 2. The Morgan fingerprint density at radius 3 is 2.45 bits per heavy atom. The maximum absolute atomic E-state index is 13.4. The third-order valence-corrected chi connectivity index (χ3v) is 5.97. The van der Waals surface area contributed by atoms with Gasteiger partial charge in [-0.2, -0.15) is 0 Å². The molecule has 164 valence electrons. The van der Waals surface area contributed by atoms with Gasteiger partial charge in [-0.25, -0.2) is 0 Å². The number of hydrogen-bond acceptors (Lipinski definition) is 4. The van der Waals surface area contributed by atoms with Crippen LogP contribution in [0, 0.1) is 0 Å². The first-order valence-electron chi connectivity index (χ1n) is 10.2. The number of nitrogens with one attached hydrogen (secondary N) is 1. The zero-order valence-electron chi connectivity index (χ0n) is 17.2. The number of hydrogen-bond donors (Lipinski definition) is 1. The largest absolute Gasteiger partial charge is 0.322 e. The number of aromatic nitrogens is 3. The predicted molar refractivity (Wildman–Crippen MR) is 128 cm³/mol. The van der Waals surface area contributed by atoms with E-state index in [1.807, 2.05) is 28.8 Å². The van der Waals surface area contributed by atoms with Crippen LogP contribution < -0.4 is 10.2 Å². The first kappa shape index (κ1) is 21.2. The second kappa shape index (κ2) is 8.69. The van der Waals surface area contributed by atoms with Crippen LogP contribution in [-0.2, 0) is 6.42 Å². The quantitative estimate of drug-likeness (QED) is 0.448. The third-order valence-electron chi connectivity index (χ3n) is 5.42. The molecule has 2 heterocycles. The van der Waals surface area contributed by atoms with E-state index in [1.165, 1.54) is 6.07 Å². The number of rotatable bonds is 3. The molecule has 1 aliphatic rings. The molecule has 3 aromatic carbocycles. The summed E-state index contributed by atoms with van der Waals surface area (Å²) in [5, 5.41) is 11.7. The van der Waals surface area contributed by atoms with E-state index in [2.05, 4.69) is 15.5 Å². The highest BCUT2D eigenvalue weighted by Gasteiger charge is 2.25. The van der Waals surface area contributed by atoms with Crippen molar-refractivity contribution in [3.05, 3.63) is 100 Å². The lowest BCUT2D eigenvalue weighted by molar-refractivity contribution is 0.0986. The molecular weight excluding hydrogens is 461 g/mol. The van der Waals surface area contributed by atoms with Crippen LogP contribution in [0.15, 0.2) is 73.1 Å². The highest BCUT2D eigenvalue weighted by molar-refractivity contribution is 6.37. The molecule has 0 fully saturated rings. The smallest absolute Gasteiger partial charge is 0.258 e. The van der Waals surface area contributed by atoms with E-state index in [0.29, 0.717) is 34.8 Å². The van der Waals surface area contributed by atoms with Gasteiger partial charge in [0.05, 0.1) is 22.0 Å². The standard InChI is InChI=1S/C24H17Cl2N5O2/c25-16-7-10-18(19(26)13-16)23(32)28-17-8-5-15(6-9-17)24(33)30-12-11-22-29-27-14-31(22)21-4-2-1-3-20(21)30/h1-10,13-14H,11-12H2,(H,28,32). The number of anilines is 2. The fourth-order valence-electron chi connectivity index (χ4n) is 3.79. The Kier molecular flexibility index (Phi) is 5.58. The van der Waals surface area contributed by atoms with Gasteiger partial charge < -0.3 is 10.2 Å². The SMILES string of the molecule is O=C(Nc1ccc(C(=O)N2CCc3nncn3-c3ccccc32)cc1)c1ccc(Cl)cc1Cl. The maximum Gasteiger partial charge on any atom is 0.258 e. The van der Waals surface area contributed by atoms with E-state index in [4.69, 9.17) is 23.2 Å². The van der Waals surface area contributed by atoms with Crippen molar-refractivity contribution < 1.29 is 9.59 Å². The van der Waals surface area contributed by atoms with Gasteiger partial charge in [0, 0.05) is 29.2 Å². The van der Waals surface area contributed by atoms with Gasteiger partial charge in [-0.15, -0.1) is 10.2 Å². The lowest BCUT2D eigenvalue weighted by atomic mass is 10.1. The highest BCUT2D eigenvalue weighted by Crippen LogP contribution is 2.30. The Morgan fingerprint density at radius 1 is 0.939 bits per heavy atom. The summed E-state index contributed by atoms with van der Waals surface area (Å²) >= 11 is 12.0. The van der Waals surface area contributed by atoms with Gasteiger partial charge in [-0.1, -0.05) is 35.3 Å². The van der Waals surface area contributed by atoms with Crippen molar-refractivity contribution >= 4 is 46.4 Å². The summed E-state index contributed by atoms with van der Waals surface area (Å²) in [6.07, 6.45) is 2.24. The molecule has 1 aromatic heterocycles. The van der Waals surface area contributed by atoms with Gasteiger partial charge in [-0.05, 0) is 54.6 Å². The minimum atomic E-state index is -0.361. The molecule has 5 rings (SSSR count). The van der Waals surface area contributed by atoms with Gasteiger partial charge in [0.1, 0.15) is 12.2 Å². The monoisotopic (exact) mass is 477 g/mol. The molecule has 9 heteroatoms. The summed E-state index contributed by atoms with van der Waals surface area (Å²) in [6, 6.07) is 19.1. The van der Waals surface area contributed by atoms with Crippen molar-refractivity contribution in [2.45, 2.75) is 6.42 Å². The molecule has 0 aliphatic carbocycles. The molecule has 0 saturated carbocycles.